The van der Waals surface area contributed by atoms with Crippen LogP contribution in [0.25, 0.3) is 0 Å². The number of aromatic hydroxyl groups is 1. The molecule has 23 heavy (non-hydrogen) atoms. The zero-order valence-corrected chi connectivity index (χ0v) is 13.6. The predicted octanol–water partition coefficient (Wildman–Crippen LogP) is 1.31. The summed E-state index contributed by atoms with van der Waals surface area (Å²) in [4.78, 5) is 10.6. The van der Waals surface area contributed by atoms with Crippen LogP contribution in [0, 0.1) is 6.92 Å². The highest BCUT2D eigenvalue weighted by molar-refractivity contribution is 7.81. The number of aliphatic carboxylic acids is 1. The van der Waals surface area contributed by atoms with Gasteiger partial charge in [0.05, 0.1) is 14.2 Å². The molecule has 130 valence electrons. The summed E-state index contributed by atoms with van der Waals surface area (Å²) in [6.45, 7) is 1.44. The number of hydrogen-bond donors (Lipinski definition) is 3. The molecular formula is C13H18O9S. The minimum atomic E-state index is -4.83. The molecule has 0 unspecified atom stereocenters. The van der Waals surface area contributed by atoms with Crippen LogP contribution in [-0.2, 0) is 21.6 Å². The van der Waals surface area contributed by atoms with E-state index in [1.807, 2.05) is 0 Å². The Morgan fingerprint density at radius 2 is 1.70 bits per heavy atom. The molecule has 0 saturated heterocycles. The van der Waals surface area contributed by atoms with E-state index >= 15 is 0 Å². The predicted molar refractivity (Wildman–Crippen MR) is 78.7 cm³/mol. The zero-order chi connectivity index (χ0) is 17.8. The first-order valence-corrected chi connectivity index (χ1v) is 7.84. The van der Waals surface area contributed by atoms with Gasteiger partial charge in [-0.25, -0.2) is 0 Å². The molecule has 0 bridgehead atoms. The Kier molecular flexibility index (Phi) is 6.05. The van der Waals surface area contributed by atoms with Gasteiger partial charge in [0, 0.05) is 17.5 Å². The minimum absolute atomic E-state index is 0.131. The van der Waals surface area contributed by atoms with E-state index in [-0.39, 0.29) is 53.4 Å². The molecule has 0 fully saturated rings. The standard InChI is InChI=1S/C13H18O9S/c1-7-8(5-4-6-9(14)15)10(16)12(20-2)13(21-3)11(7)22-23(17,18)19/h16H,4-6H2,1-3H3,(H,14,15)(H,17,18,19). The first-order chi connectivity index (χ1) is 10.6. The number of ether oxygens (including phenoxy) is 2. The number of benzene rings is 1. The number of carbonyl (C=O) groups is 1. The van der Waals surface area contributed by atoms with Crippen molar-refractivity contribution in [3.8, 4) is 23.0 Å². The molecule has 3 N–H and O–H groups in total. The smallest absolute Gasteiger partial charge is 0.446 e. The molecule has 10 heteroatoms. The number of rotatable bonds is 8. The molecule has 0 aromatic heterocycles. The Balaban J connectivity index is 3.45. The van der Waals surface area contributed by atoms with E-state index in [1.165, 1.54) is 21.1 Å². The lowest BCUT2D eigenvalue weighted by atomic mass is 9.99. The van der Waals surface area contributed by atoms with Crippen molar-refractivity contribution in [2.75, 3.05) is 14.2 Å². The zero-order valence-electron chi connectivity index (χ0n) is 12.8. The fraction of sp³-hybridized carbons (Fsp3) is 0.462. The van der Waals surface area contributed by atoms with Crippen LogP contribution in [0.4, 0.5) is 0 Å². The van der Waals surface area contributed by atoms with E-state index in [0.717, 1.165) is 0 Å². The van der Waals surface area contributed by atoms with Crippen LogP contribution < -0.4 is 13.7 Å². The lowest BCUT2D eigenvalue weighted by molar-refractivity contribution is -0.137. The summed E-state index contributed by atoms with van der Waals surface area (Å²) in [7, 11) is -2.40. The van der Waals surface area contributed by atoms with Crippen LogP contribution in [0.2, 0.25) is 0 Å². The molecule has 1 aromatic rings. The molecule has 9 nitrogen and oxygen atoms in total. The molecule has 1 rings (SSSR count). The second-order valence-electron chi connectivity index (χ2n) is 4.61. The summed E-state index contributed by atoms with van der Waals surface area (Å²) in [5.74, 6) is -2.04. The van der Waals surface area contributed by atoms with Crippen LogP contribution in [0.1, 0.15) is 24.0 Å². The van der Waals surface area contributed by atoms with E-state index in [4.69, 9.17) is 19.1 Å². The third-order valence-electron chi connectivity index (χ3n) is 3.12. The molecular weight excluding hydrogens is 332 g/mol. The molecule has 0 amide bonds. The van der Waals surface area contributed by atoms with E-state index in [2.05, 4.69) is 4.18 Å². The third-order valence-corrected chi connectivity index (χ3v) is 3.50. The Morgan fingerprint density at radius 3 is 2.13 bits per heavy atom. The topological polar surface area (TPSA) is 140 Å². The van der Waals surface area contributed by atoms with Crippen molar-refractivity contribution < 1.29 is 41.6 Å². The first kappa shape index (κ1) is 18.8. The minimum Gasteiger partial charge on any atom is -0.504 e. The Labute approximate surface area is 133 Å². The lowest BCUT2D eigenvalue weighted by Crippen LogP contribution is -2.11. The maximum atomic E-state index is 11.0. The molecule has 0 atom stereocenters. The number of hydrogen-bond acceptors (Lipinski definition) is 7. The van der Waals surface area contributed by atoms with Crippen LogP contribution >= 0.6 is 0 Å². The number of methoxy groups -OCH3 is 2. The molecule has 0 saturated carbocycles. The molecule has 1 aromatic carbocycles. The van der Waals surface area contributed by atoms with Gasteiger partial charge in [0.2, 0.25) is 11.5 Å². The fourth-order valence-electron chi connectivity index (χ4n) is 2.14. The van der Waals surface area contributed by atoms with Gasteiger partial charge in [-0.1, -0.05) is 0 Å². The van der Waals surface area contributed by atoms with Crippen LogP contribution in [0.5, 0.6) is 23.0 Å². The lowest BCUT2D eigenvalue weighted by Gasteiger charge is -2.19. The highest BCUT2D eigenvalue weighted by atomic mass is 32.3. The van der Waals surface area contributed by atoms with E-state index in [1.54, 1.807) is 0 Å². The quantitative estimate of drug-likeness (QED) is 0.592. The number of carboxylic acid groups (broad SMARTS) is 1. The SMILES string of the molecule is COc1c(O)c(CCCC(=O)O)c(C)c(OS(=O)(=O)O)c1OC. The Bertz CT molecular complexity index is 694. The summed E-state index contributed by atoms with van der Waals surface area (Å²) < 4.78 is 45.4. The number of phenolic OH excluding ortho intramolecular Hbond substituents is 1. The van der Waals surface area contributed by atoms with Gasteiger partial charge in [0.1, 0.15) is 0 Å². The van der Waals surface area contributed by atoms with Crippen molar-refractivity contribution in [1.29, 1.82) is 0 Å². The van der Waals surface area contributed by atoms with Gasteiger partial charge in [-0.15, -0.1) is 0 Å². The van der Waals surface area contributed by atoms with Crippen molar-refractivity contribution in [1.82, 2.24) is 0 Å². The molecule has 0 radical (unpaired) electrons. The molecule has 0 aliphatic carbocycles. The van der Waals surface area contributed by atoms with Gasteiger partial charge < -0.3 is 23.9 Å². The number of phenols is 1. The second-order valence-corrected chi connectivity index (χ2v) is 5.63. The average Bonchev–Trinajstić information content (AvgIpc) is 2.43. The van der Waals surface area contributed by atoms with Crippen molar-refractivity contribution in [2.45, 2.75) is 26.2 Å². The Morgan fingerprint density at radius 1 is 1.13 bits per heavy atom. The van der Waals surface area contributed by atoms with Gasteiger partial charge in [-0.05, 0) is 19.8 Å². The fourth-order valence-corrected chi connectivity index (χ4v) is 2.55. The van der Waals surface area contributed by atoms with Gasteiger partial charge in [0.15, 0.2) is 11.5 Å². The highest BCUT2D eigenvalue weighted by Gasteiger charge is 2.27. The van der Waals surface area contributed by atoms with Gasteiger partial charge in [-0.3, -0.25) is 9.35 Å². The van der Waals surface area contributed by atoms with Crippen LogP contribution in [0.15, 0.2) is 0 Å². The largest absolute Gasteiger partial charge is 0.504 e. The van der Waals surface area contributed by atoms with Gasteiger partial charge >= 0.3 is 16.4 Å². The second kappa shape index (κ2) is 7.38. The van der Waals surface area contributed by atoms with Gasteiger partial charge in [-0.2, -0.15) is 8.42 Å². The maximum Gasteiger partial charge on any atom is 0.446 e. The summed E-state index contributed by atoms with van der Waals surface area (Å²) in [6, 6.07) is 0. The van der Waals surface area contributed by atoms with Crippen LogP contribution in [-0.4, -0.2) is 43.4 Å². The Hall–Kier alpha value is -2.20. The number of carboxylic acids is 1. The average molecular weight is 350 g/mol. The third kappa shape index (κ3) is 4.63. The van der Waals surface area contributed by atoms with E-state index < -0.39 is 16.4 Å². The summed E-state index contributed by atoms with van der Waals surface area (Å²) in [5.41, 5.74) is 0.422. The first-order valence-electron chi connectivity index (χ1n) is 6.47. The molecule has 0 aliphatic rings. The van der Waals surface area contributed by atoms with Gasteiger partial charge in [0.25, 0.3) is 0 Å². The molecule has 0 aliphatic heterocycles. The molecule has 0 heterocycles. The van der Waals surface area contributed by atoms with Crippen molar-refractivity contribution >= 4 is 16.4 Å². The summed E-state index contributed by atoms with van der Waals surface area (Å²) in [6.07, 6.45) is 0.193. The van der Waals surface area contributed by atoms with Crippen molar-refractivity contribution in [3.05, 3.63) is 11.1 Å². The van der Waals surface area contributed by atoms with Crippen molar-refractivity contribution in [2.24, 2.45) is 0 Å². The van der Waals surface area contributed by atoms with E-state index in [0.29, 0.717) is 0 Å². The molecule has 0 spiro atoms. The maximum absolute atomic E-state index is 11.0. The summed E-state index contributed by atoms with van der Waals surface area (Å²) >= 11 is 0. The van der Waals surface area contributed by atoms with E-state index in [9.17, 15) is 18.3 Å². The van der Waals surface area contributed by atoms with Crippen LogP contribution in [0.3, 0.4) is 0 Å². The normalized spacial score (nSPS) is 11.1. The monoisotopic (exact) mass is 350 g/mol. The highest BCUT2D eigenvalue weighted by Crippen LogP contribution is 2.49. The summed E-state index contributed by atoms with van der Waals surface area (Å²) in [5, 5.41) is 18.9. The van der Waals surface area contributed by atoms with Crippen molar-refractivity contribution in [3.63, 3.8) is 0 Å².